The minimum absolute atomic E-state index is 0.0939. The molecule has 7 heteroatoms. The van der Waals surface area contributed by atoms with Crippen LogP contribution in [0.4, 0.5) is 10.5 Å². The van der Waals surface area contributed by atoms with E-state index in [1.807, 2.05) is 6.07 Å². The molecule has 130 valence electrons. The van der Waals surface area contributed by atoms with Crippen molar-refractivity contribution in [3.8, 4) is 5.75 Å². The molecule has 1 heterocycles. The first-order chi connectivity index (χ1) is 12.0. The van der Waals surface area contributed by atoms with Gasteiger partial charge in [0.1, 0.15) is 12.4 Å². The number of hydrogen-bond donors (Lipinski definition) is 2. The van der Waals surface area contributed by atoms with E-state index in [0.717, 1.165) is 11.1 Å². The lowest BCUT2D eigenvalue weighted by Gasteiger charge is -2.25. The number of fused-ring (bicyclic) bond motifs is 1. The fourth-order valence-corrected chi connectivity index (χ4v) is 2.68. The molecule has 1 aliphatic heterocycles. The van der Waals surface area contributed by atoms with Crippen molar-refractivity contribution in [1.29, 1.82) is 0 Å². The monoisotopic (exact) mass is 361 g/mol. The van der Waals surface area contributed by atoms with Crippen molar-refractivity contribution in [1.82, 2.24) is 0 Å². The number of nitrogens with one attached hydrogen (secondary N) is 1. The van der Waals surface area contributed by atoms with Gasteiger partial charge in [0.25, 0.3) is 0 Å². The second-order valence-corrected chi connectivity index (χ2v) is 6.04. The van der Waals surface area contributed by atoms with Crippen LogP contribution in [-0.2, 0) is 22.6 Å². The SMILES string of the molecule is O=C(Nc1cccc2c1O[C@H](C(=O)O)CC2)OCc1ccc(Cl)cc1. The summed E-state index contributed by atoms with van der Waals surface area (Å²) in [4.78, 5) is 23.2. The summed E-state index contributed by atoms with van der Waals surface area (Å²) in [6, 6.07) is 12.2. The molecule has 2 aromatic carbocycles. The number of aryl methyl sites for hydroxylation is 1. The van der Waals surface area contributed by atoms with Crippen molar-refractivity contribution >= 4 is 29.4 Å². The van der Waals surface area contributed by atoms with Crippen LogP contribution < -0.4 is 10.1 Å². The van der Waals surface area contributed by atoms with Crippen LogP contribution in [0.15, 0.2) is 42.5 Å². The van der Waals surface area contributed by atoms with Crippen LogP contribution in [0.1, 0.15) is 17.5 Å². The molecule has 1 amide bonds. The van der Waals surface area contributed by atoms with Gasteiger partial charge in [-0.25, -0.2) is 9.59 Å². The highest BCUT2D eigenvalue weighted by atomic mass is 35.5. The van der Waals surface area contributed by atoms with Crippen LogP contribution in [0.3, 0.4) is 0 Å². The number of anilines is 1. The average Bonchev–Trinajstić information content (AvgIpc) is 2.61. The zero-order valence-electron chi connectivity index (χ0n) is 13.2. The second kappa shape index (κ2) is 7.44. The maximum atomic E-state index is 12.0. The van der Waals surface area contributed by atoms with Crippen molar-refractivity contribution in [2.75, 3.05) is 5.32 Å². The molecule has 0 saturated heterocycles. The molecule has 6 nitrogen and oxygen atoms in total. The average molecular weight is 362 g/mol. The summed E-state index contributed by atoms with van der Waals surface area (Å²) < 4.78 is 10.7. The van der Waals surface area contributed by atoms with Gasteiger partial charge in [0.2, 0.25) is 0 Å². The fraction of sp³-hybridized carbons (Fsp3) is 0.222. The molecule has 0 saturated carbocycles. The molecule has 0 unspecified atom stereocenters. The van der Waals surface area contributed by atoms with E-state index in [1.165, 1.54) is 0 Å². The van der Waals surface area contributed by atoms with E-state index in [0.29, 0.717) is 29.3 Å². The highest BCUT2D eigenvalue weighted by Gasteiger charge is 2.27. The third-order valence-corrected chi connectivity index (χ3v) is 4.08. The number of benzene rings is 2. The third kappa shape index (κ3) is 4.22. The minimum Gasteiger partial charge on any atom is -0.479 e. The van der Waals surface area contributed by atoms with Crippen molar-refractivity contribution in [3.63, 3.8) is 0 Å². The van der Waals surface area contributed by atoms with Gasteiger partial charge in [-0.15, -0.1) is 0 Å². The zero-order valence-corrected chi connectivity index (χ0v) is 14.0. The van der Waals surface area contributed by atoms with Crippen LogP contribution in [-0.4, -0.2) is 23.3 Å². The van der Waals surface area contributed by atoms with Gasteiger partial charge in [-0.05, 0) is 42.2 Å². The summed E-state index contributed by atoms with van der Waals surface area (Å²) in [7, 11) is 0. The quantitative estimate of drug-likeness (QED) is 0.863. The van der Waals surface area contributed by atoms with Crippen LogP contribution in [0.5, 0.6) is 5.75 Å². The Balaban J connectivity index is 1.65. The van der Waals surface area contributed by atoms with E-state index in [2.05, 4.69) is 5.32 Å². The first-order valence-electron chi connectivity index (χ1n) is 7.72. The molecule has 1 aliphatic rings. The van der Waals surface area contributed by atoms with Crippen molar-refractivity contribution in [2.24, 2.45) is 0 Å². The van der Waals surface area contributed by atoms with Crippen molar-refractivity contribution in [2.45, 2.75) is 25.6 Å². The highest BCUT2D eigenvalue weighted by molar-refractivity contribution is 6.30. The standard InChI is InChI=1S/C18H16ClNO5/c19-13-7-4-11(5-8-13)10-24-18(23)20-14-3-1-2-12-6-9-15(17(21)22)25-16(12)14/h1-5,7-8,15H,6,9-10H2,(H,20,23)(H,21,22)/t15-/m0/s1. The molecule has 0 fully saturated rings. The number of para-hydroxylation sites is 1. The van der Waals surface area contributed by atoms with Crippen molar-refractivity contribution < 1.29 is 24.2 Å². The maximum Gasteiger partial charge on any atom is 0.412 e. The zero-order chi connectivity index (χ0) is 17.8. The number of halogens is 1. The van der Waals surface area contributed by atoms with E-state index < -0.39 is 18.2 Å². The van der Waals surface area contributed by atoms with Gasteiger partial charge in [0.15, 0.2) is 6.10 Å². The lowest BCUT2D eigenvalue weighted by molar-refractivity contribution is -0.145. The van der Waals surface area contributed by atoms with E-state index in [9.17, 15) is 9.59 Å². The van der Waals surface area contributed by atoms with Gasteiger partial charge in [-0.1, -0.05) is 35.9 Å². The molecular formula is C18H16ClNO5. The number of aliphatic carboxylic acids is 1. The first kappa shape index (κ1) is 17.1. The van der Waals surface area contributed by atoms with Gasteiger partial charge in [0, 0.05) is 5.02 Å². The number of hydrogen-bond acceptors (Lipinski definition) is 4. The van der Waals surface area contributed by atoms with Crippen LogP contribution in [0.25, 0.3) is 0 Å². The maximum absolute atomic E-state index is 12.0. The summed E-state index contributed by atoms with van der Waals surface area (Å²) >= 11 is 5.81. The largest absolute Gasteiger partial charge is 0.479 e. The third-order valence-electron chi connectivity index (χ3n) is 3.83. The molecular weight excluding hydrogens is 346 g/mol. The summed E-state index contributed by atoms with van der Waals surface area (Å²) in [6.45, 7) is 0.0939. The van der Waals surface area contributed by atoms with Gasteiger partial charge in [0.05, 0.1) is 5.69 Å². The predicted molar refractivity (Wildman–Crippen MR) is 92.1 cm³/mol. The predicted octanol–water partition coefficient (Wildman–Crippen LogP) is 3.87. The number of carbonyl (C=O) groups is 2. The van der Waals surface area contributed by atoms with E-state index in [4.69, 9.17) is 26.2 Å². The molecule has 2 N–H and O–H groups in total. The van der Waals surface area contributed by atoms with E-state index in [1.54, 1.807) is 36.4 Å². The fourth-order valence-electron chi connectivity index (χ4n) is 2.56. The Labute approximate surface area is 149 Å². The van der Waals surface area contributed by atoms with Crippen LogP contribution in [0, 0.1) is 0 Å². The Morgan fingerprint density at radius 3 is 2.72 bits per heavy atom. The molecule has 1 atom stereocenters. The summed E-state index contributed by atoms with van der Waals surface area (Å²) in [5.41, 5.74) is 2.05. The molecule has 0 spiro atoms. The minimum atomic E-state index is -1.02. The molecule has 2 aromatic rings. The number of amides is 1. The second-order valence-electron chi connectivity index (χ2n) is 5.60. The highest BCUT2D eigenvalue weighted by Crippen LogP contribution is 2.35. The van der Waals surface area contributed by atoms with Gasteiger partial charge in [-0.3, -0.25) is 5.32 Å². The Hall–Kier alpha value is -2.73. The molecule has 0 aromatic heterocycles. The molecule has 25 heavy (non-hydrogen) atoms. The molecule has 0 radical (unpaired) electrons. The Bertz CT molecular complexity index is 791. The van der Waals surface area contributed by atoms with E-state index in [-0.39, 0.29) is 6.61 Å². The lowest BCUT2D eigenvalue weighted by atomic mass is 10.0. The Morgan fingerprint density at radius 1 is 1.24 bits per heavy atom. The Kier molecular flexibility index (Phi) is 5.09. The number of carboxylic acids is 1. The topological polar surface area (TPSA) is 84.9 Å². The summed E-state index contributed by atoms with van der Waals surface area (Å²) in [5.74, 6) is -0.643. The molecule has 3 rings (SSSR count). The normalized spacial score (nSPS) is 15.6. The number of rotatable bonds is 4. The lowest BCUT2D eigenvalue weighted by Crippen LogP contribution is -2.31. The van der Waals surface area contributed by atoms with Gasteiger partial charge in [-0.2, -0.15) is 0 Å². The van der Waals surface area contributed by atoms with Crippen LogP contribution >= 0.6 is 11.6 Å². The van der Waals surface area contributed by atoms with Gasteiger partial charge >= 0.3 is 12.1 Å². The smallest absolute Gasteiger partial charge is 0.412 e. The van der Waals surface area contributed by atoms with Crippen molar-refractivity contribution in [3.05, 3.63) is 58.6 Å². The number of carbonyl (C=O) groups excluding carboxylic acids is 1. The molecule has 0 aliphatic carbocycles. The number of carboxylic acid groups (broad SMARTS) is 1. The van der Waals surface area contributed by atoms with Crippen LogP contribution in [0.2, 0.25) is 5.02 Å². The summed E-state index contributed by atoms with van der Waals surface area (Å²) in [5, 5.41) is 12.3. The van der Waals surface area contributed by atoms with Gasteiger partial charge < -0.3 is 14.6 Å². The Morgan fingerprint density at radius 2 is 2.00 bits per heavy atom. The summed E-state index contributed by atoms with van der Waals surface area (Å²) in [6.07, 6.45) is -0.598. The van der Waals surface area contributed by atoms with E-state index >= 15 is 0 Å². The first-order valence-corrected chi connectivity index (χ1v) is 8.10. The molecule has 0 bridgehead atoms. The number of ether oxygens (including phenoxy) is 2.